The smallest absolute Gasteiger partial charge is 0.340 e. The molecule has 2 atom stereocenters. The molecule has 0 aliphatic heterocycles. The van der Waals surface area contributed by atoms with Crippen LogP contribution in [0, 0.1) is 17.2 Å². The molecule has 0 radical (unpaired) electrons. The molecule has 0 bridgehead atoms. The Morgan fingerprint density at radius 2 is 2.23 bits per heavy atom. The van der Waals surface area contributed by atoms with E-state index in [-0.39, 0.29) is 0 Å². The van der Waals surface area contributed by atoms with Crippen LogP contribution in [0.5, 0.6) is 0 Å². The number of rotatable bonds is 2. The normalized spacial score (nSPS) is 18.3. The van der Waals surface area contributed by atoms with Gasteiger partial charge in [0.05, 0.1) is 11.1 Å². The van der Waals surface area contributed by atoms with Crippen LogP contribution in [-0.2, 0) is 17.6 Å². The van der Waals surface area contributed by atoms with Gasteiger partial charge in [-0.15, -0.1) is 0 Å². The number of pyridine rings is 1. The molecule has 0 spiro atoms. The molecule has 1 aromatic heterocycles. The van der Waals surface area contributed by atoms with Crippen molar-refractivity contribution in [1.82, 2.24) is 4.98 Å². The van der Waals surface area contributed by atoms with Crippen molar-refractivity contribution in [2.75, 3.05) is 0 Å². The molecule has 22 heavy (non-hydrogen) atoms. The van der Waals surface area contributed by atoms with Crippen molar-refractivity contribution in [2.24, 2.45) is 5.92 Å². The van der Waals surface area contributed by atoms with Crippen LogP contribution in [0.3, 0.4) is 0 Å². The third kappa shape index (κ3) is 2.55. The van der Waals surface area contributed by atoms with Crippen LogP contribution in [-0.4, -0.2) is 17.1 Å². The number of carbonyl (C=O) groups excluding carboxylic acids is 1. The molecule has 4 heteroatoms. The number of benzene rings is 1. The van der Waals surface area contributed by atoms with Gasteiger partial charge in [-0.3, -0.25) is 4.98 Å². The molecule has 0 unspecified atom stereocenters. The zero-order valence-electron chi connectivity index (χ0n) is 12.8. The molecule has 0 saturated heterocycles. The van der Waals surface area contributed by atoms with Gasteiger partial charge in [0.2, 0.25) is 0 Å². The van der Waals surface area contributed by atoms with Crippen molar-refractivity contribution >= 4 is 16.9 Å². The Bertz CT molecular complexity index is 776. The number of aromatic nitrogens is 1. The lowest BCUT2D eigenvalue weighted by molar-refractivity contribution is 0.0436. The molecular weight excluding hydrogens is 276 g/mol. The minimum atomic E-state index is -0.754. The van der Waals surface area contributed by atoms with Crippen LogP contribution in [0.15, 0.2) is 24.3 Å². The van der Waals surface area contributed by atoms with Gasteiger partial charge in [0.1, 0.15) is 6.07 Å². The summed E-state index contributed by atoms with van der Waals surface area (Å²) in [6.07, 6.45) is 2.05. The fourth-order valence-electron chi connectivity index (χ4n) is 3.04. The summed E-state index contributed by atoms with van der Waals surface area (Å²) in [5, 5.41) is 9.70. The lowest BCUT2D eigenvalue weighted by Crippen LogP contribution is -2.21. The van der Waals surface area contributed by atoms with E-state index >= 15 is 0 Å². The molecule has 112 valence electrons. The fourth-order valence-corrected chi connectivity index (χ4v) is 3.04. The van der Waals surface area contributed by atoms with Gasteiger partial charge in [0.25, 0.3) is 0 Å². The second-order valence-corrected chi connectivity index (χ2v) is 5.95. The molecule has 1 aromatic carbocycles. The van der Waals surface area contributed by atoms with Crippen molar-refractivity contribution in [2.45, 2.75) is 39.2 Å². The zero-order chi connectivity index (χ0) is 15.7. The van der Waals surface area contributed by atoms with Crippen LogP contribution in [0.4, 0.5) is 0 Å². The fraction of sp³-hybridized carbons (Fsp3) is 0.389. The average molecular weight is 294 g/mol. The molecule has 0 saturated carbocycles. The van der Waals surface area contributed by atoms with Gasteiger partial charge in [0.15, 0.2) is 6.10 Å². The van der Waals surface area contributed by atoms with E-state index < -0.39 is 12.1 Å². The molecule has 4 nitrogen and oxygen atoms in total. The van der Waals surface area contributed by atoms with Crippen LogP contribution in [0.1, 0.15) is 41.9 Å². The Morgan fingerprint density at radius 3 is 3.00 bits per heavy atom. The highest BCUT2D eigenvalue weighted by molar-refractivity contribution is 6.05. The minimum absolute atomic E-state index is 0.419. The first-order valence-corrected chi connectivity index (χ1v) is 7.61. The van der Waals surface area contributed by atoms with Crippen LogP contribution in [0.2, 0.25) is 0 Å². The summed E-state index contributed by atoms with van der Waals surface area (Å²) in [6.45, 7) is 3.77. The quantitative estimate of drug-likeness (QED) is 0.796. The van der Waals surface area contributed by atoms with Gasteiger partial charge < -0.3 is 4.74 Å². The first-order chi connectivity index (χ1) is 10.6. The number of para-hydroxylation sites is 1. The number of hydrogen-bond acceptors (Lipinski definition) is 4. The summed E-state index contributed by atoms with van der Waals surface area (Å²) in [4.78, 5) is 17.3. The molecule has 1 aliphatic carbocycles. The van der Waals surface area contributed by atoms with Crippen molar-refractivity contribution in [3.8, 4) is 6.07 Å². The molecular formula is C18H18N2O2. The number of ether oxygens (including phenoxy) is 1. The number of carbonyl (C=O) groups is 1. The number of hydrogen-bond donors (Lipinski definition) is 0. The second kappa shape index (κ2) is 5.76. The topological polar surface area (TPSA) is 63.0 Å². The van der Waals surface area contributed by atoms with Crippen LogP contribution < -0.4 is 0 Å². The van der Waals surface area contributed by atoms with Crippen molar-refractivity contribution in [3.63, 3.8) is 0 Å². The monoisotopic (exact) mass is 294 g/mol. The lowest BCUT2D eigenvalue weighted by Gasteiger charge is -2.24. The Hall–Kier alpha value is -2.41. The standard InChI is InChI=1S/C18H18N2O2/c1-11-7-8-16-14(9-11)17(18(21)22-12(2)10-19)13-5-3-4-6-15(13)20-16/h3-6,11-12H,7-9H2,1-2H3/t11-,12-/m0/s1. The number of nitriles is 1. The van der Waals surface area contributed by atoms with Gasteiger partial charge in [-0.25, -0.2) is 4.79 Å². The summed E-state index contributed by atoms with van der Waals surface area (Å²) in [7, 11) is 0. The molecule has 3 rings (SSSR count). The molecule has 0 N–H and O–H groups in total. The molecule has 1 heterocycles. The van der Waals surface area contributed by atoms with Crippen molar-refractivity contribution in [1.29, 1.82) is 5.26 Å². The first kappa shape index (κ1) is 14.5. The van der Waals surface area contributed by atoms with Crippen LogP contribution in [0.25, 0.3) is 10.9 Å². The highest BCUT2D eigenvalue weighted by Gasteiger charge is 2.26. The third-order valence-corrected chi connectivity index (χ3v) is 4.18. The van der Waals surface area contributed by atoms with Gasteiger partial charge in [-0.1, -0.05) is 25.1 Å². The van der Waals surface area contributed by atoms with E-state index in [1.54, 1.807) is 6.92 Å². The van der Waals surface area contributed by atoms with E-state index in [1.807, 2.05) is 30.3 Å². The van der Waals surface area contributed by atoms with E-state index in [0.29, 0.717) is 11.5 Å². The predicted molar refractivity (Wildman–Crippen MR) is 83.4 cm³/mol. The molecule has 1 aliphatic rings. The van der Waals surface area contributed by atoms with Crippen LogP contribution >= 0.6 is 0 Å². The summed E-state index contributed by atoms with van der Waals surface area (Å²) in [5.41, 5.74) is 3.39. The number of aryl methyl sites for hydroxylation is 1. The highest BCUT2D eigenvalue weighted by atomic mass is 16.5. The maximum absolute atomic E-state index is 12.6. The van der Waals surface area contributed by atoms with E-state index in [1.165, 1.54) is 0 Å². The van der Waals surface area contributed by atoms with E-state index in [2.05, 4.69) is 6.92 Å². The average Bonchev–Trinajstić information content (AvgIpc) is 2.52. The Balaban J connectivity index is 2.19. The zero-order valence-corrected chi connectivity index (χ0v) is 12.8. The summed E-state index contributed by atoms with van der Waals surface area (Å²) < 4.78 is 5.27. The van der Waals surface area contributed by atoms with Gasteiger partial charge >= 0.3 is 5.97 Å². The van der Waals surface area contributed by atoms with Gasteiger partial charge in [0, 0.05) is 11.1 Å². The third-order valence-electron chi connectivity index (χ3n) is 4.18. The summed E-state index contributed by atoms with van der Waals surface area (Å²) in [5.74, 6) is 0.105. The highest BCUT2D eigenvalue weighted by Crippen LogP contribution is 2.32. The Labute approximate surface area is 129 Å². The van der Waals surface area contributed by atoms with Crippen molar-refractivity contribution in [3.05, 3.63) is 41.1 Å². The van der Waals surface area contributed by atoms with E-state index in [4.69, 9.17) is 15.0 Å². The summed E-state index contributed by atoms with van der Waals surface area (Å²) >= 11 is 0. The lowest BCUT2D eigenvalue weighted by atomic mass is 9.84. The van der Waals surface area contributed by atoms with Crippen molar-refractivity contribution < 1.29 is 9.53 Å². The number of fused-ring (bicyclic) bond motifs is 2. The maximum Gasteiger partial charge on any atom is 0.340 e. The Kier molecular flexibility index (Phi) is 3.81. The Morgan fingerprint density at radius 1 is 1.45 bits per heavy atom. The predicted octanol–water partition coefficient (Wildman–Crippen LogP) is 3.43. The largest absolute Gasteiger partial charge is 0.444 e. The first-order valence-electron chi connectivity index (χ1n) is 7.61. The van der Waals surface area contributed by atoms with E-state index in [9.17, 15) is 4.79 Å². The van der Waals surface area contributed by atoms with Gasteiger partial charge in [-0.2, -0.15) is 5.26 Å². The second-order valence-electron chi connectivity index (χ2n) is 5.95. The molecule has 0 amide bonds. The number of nitrogens with zero attached hydrogens (tertiary/aromatic N) is 2. The maximum atomic E-state index is 12.6. The summed E-state index contributed by atoms with van der Waals surface area (Å²) in [6, 6.07) is 9.57. The molecule has 0 fully saturated rings. The SMILES string of the molecule is C[C@H]1CCc2nc3ccccc3c(C(=O)O[C@@H](C)C#N)c2C1. The number of esters is 1. The molecule has 2 aromatic rings. The van der Waals surface area contributed by atoms with E-state index in [0.717, 1.165) is 41.4 Å². The minimum Gasteiger partial charge on any atom is -0.444 e. The van der Waals surface area contributed by atoms with Gasteiger partial charge in [-0.05, 0) is 43.7 Å².